The number of piperidine rings is 1. The molecule has 0 aliphatic carbocycles. The van der Waals surface area contributed by atoms with Gasteiger partial charge in [-0.15, -0.1) is 0 Å². The summed E-state index contributed by atoms with van der Waals surface area (Å²) in [6.45, 7) is 6.24. The van der Waals surface area contributed by atoms with Gasteiger partial charge < -0.3 is 9.64 Å². The molecule has 0 radical (unpaired) electrons. The van der Waals surface area contributed by atoms with Gasteiger partial charge in [-0.2, -0.15) is 0 Å². The second kappa shape index (κ2) is 8.13. The van der Waals surface area contributed by atoms with Gasteiger partial charge in [0.15, 0.2) is 5.78 Å². The number of allylic oxidation sites excluding steroid dienone is 1. The summed E-state index contributed by atoms with van der Waals surface area (Å²) in [5, 5.41) is 0. The van der Waals surface area contributed by atoms with Crippen molar-refractivity contribution in [3.63, 3.8) is 0 Å². The molecule has 2 rings (SSSR count). The first-order valence-electron chi connectivity index (χ1n) is 8.61. The molecule has 0 bridgehead atoms. The molecule has 1 aliphatic rings. The highest BCUT2D eigenvalue weighted by Gasteiger charge is 2.31. The summed E-state index contributed by atoms with van der Waals surface area (Å²) in [6, 6.07) is 9.67. The third-order valence-electron chi connectivity index (χ3n) is 3.95. The number of carbonyl (C=O) groups is 2. The average molecular weight is 329 g/mol. The molecular formula is C20H27NO3. The van der Waals surface area contributed by atoms with Crippen LogP contribution in [-0.4, -0.2) is 35.0 Å². The number of likely N-dealkylation sites (tertiary alicyclic amines) is 1. The first-order chi connectivity index (χ1) is 11.3. The van der Waals surface area contributed by atoms with E-state index in [0.717, 1.165) is 24.8 Å². The van der Waals surface area contributed by atoms with Crippen molar-refractivity contribution in [2.75, 3.05) is 6.54 Å². The van der Waals surface area contributed by atoms with E-state index in [1.54, 1.807) is 11.0 Å². The van der Waals surface area contributed by atoms with E-state index in [-0.39, 0.29) is 17.9 Å². The number of benzene rings is 1. The highest BCUT2D eigenvalue weighted by atomic mass is 16.6. The maximum atomic E-state index is 12.4. The van der Waals surface area contributed by atoms with Gasteiger partial charge in [-0.3, -0.25) is 4.79 Å². The van der Waals surface area contributed by atoms with Gasteiger partial charge >= 0.3 is 6.09 Å². The molecule has 0 spiro atoms. The minimum atomic E-state index is -0.518. The summed E-state index contributed by atoms with van der Waals surface area (Å²) < 4.78 is 5.48. The maximum Gasteiger partial charge on any atom is 0.410 e. The molecule has 1 aliphatic heterocycles. The minimum absolute atomic E-state index is 0.0410. The first kappa shape index (κ1) is 18.2. The van der Waals surface area contributed by atoms with Crippen LogP contribution in [0.1, 0.15) is 52.0 Å². The van der Waals surface area contributed by atoms with Gasteiger partial charge in [0.1, 0.15) is 5.60 Å². The van der Waals surface area contributed by atoms with Crippen LogP contribution in [0.25, 0.3) is 6.08 Å². The van der Waals surface area contributed by atoms with Crippen molar-refractivity contribution in [1.82, 2.24) is 4.90 Å². The lowest BCUT2D eigenvalue weighted by Crippen LogP contribution is -2.46. The normalized spacial score (nSPS) is 18.6. The first-order valence-corrected chi connectivity index (χ1v) is 8.61. The van der Waals surface area contributed by atoms with Gasteiger partial charge in [-0.25, -0.2) is 4.79 Å². The number of carbonyl (C=O) groups excluding carboxylic acids is 2. The molecule has 24 heavy (non-hydrogen) atoms. The van der Waals surface area contributed by atoms with Crippen LogP contribution >= 0.6 is 0 Å². The van der Waals surface area contributed by atoms with E-state index in [1.807, 2.05) is 57.2 Å². The largest absolute Gasteiger partial charge is 0.444 e. The molecule has 1 fully saturated rings. The van der Waals surface area contributed by atoms with E-state index in [9.17, 15) is 9.59 Å². The van der Waals surface area contributed by atoms with Crippen molar-refractivity contribution in [2.45, 2.75) is 58.1 Å². The molecule has 0 unspecified atom stereocenters. The number of ether oxygens (including phenoxy) is 1. The SMILES string of the molecule is CC(C)(C)OC(=O)N1CCCC[C@H]1CC(=O)/C=C/c1ccccc1. The van der Waals surface area contributed by atoms with Crippen molar-refractivity contribution in [2.24, 2.45) is 0 Å². The van der Waals surface area contributed by atoms with Crippen LogP contribution in [0.4, 0.5) is 4.79 Å². The molecule has 4 nitrogen and oxygen atoms in total. The Kier molecular flexibility index (Phi) is 6.18. The zero-order valence-corrected chi connectivity index (χ0v) is 14.8. The van der Waals surface area contributed by atoms with E-state index in [1.165, 1.54) is 0 Å². The Labute approximate surface area is 144 Å². The van der Waals surface area contributed by atoms with Crippen molar-refractivity contribution in [1.29, 1.82) is 0 Å². The monoisotopic (exact) mass is 329 g/mol. The summed E-state index contributed by atoms with van der Waals surface area (Å²) in [5.74, 6) is 0.0410. The van der Waals surface area contributed by atoms with Gasteiger partial charge in [0.2, 0.25) is 0 Å². The number of nitrogens with zero attached hydrogens (tertiary/aromatic N) is 1. The lowest BCUT2D eigenvalue weighted by atomic mass is 9.97. The van der Waals surface area contributed by atoms with E-state index in [4.69, 9.17) is 4.74 Å². The van der Waals surface area contributed by atoms with E-state index < -0.39 is 5.60 Å². The van der Waals surface area contributed by atoms with Gasteiger partial charge in [-0.1, -0.05) is 36.4 Å². The fraction of sp³-hybridized carbons (Fsp3) is 0.500. The molecule has 130 valence electrons. The van der Waals surface area contributed by atoms with Gasteiger partial charge in [0.25, 0.3) is 0 Å². The second-order valence-corrected chi connectivity index (χ2v) is 7.24. The Hall–Kier alpha value is -2.10. The fourth-order valence-electron chi connectivity index (χ4n) is 2.83. The molecule has 1 heterocycles. The maximum absolute atomic E-state index is 12.4. The Morgan fingerprint density at radius 2 is 1.92 bits per heavy atom. The van der Waals surface area contributed by atoms with Crippen LogP contribution in [-0.2, 0) is 9.53 Å². The second-order valence-electron chi connectivity index (χ2n) is 7.24. The lowest BCUT2D eigenvalue weighted by molar-refractivity contribution is -0.115. The number of ketones is 1. The van der Waals surface area contributed by atoms with Crippen LogP contribution in [0, 0.1) is 0 Å². The van der Waals surface area contributed by atoms with Gasteiger partial charge in [0, 0.05) is 19.0 Å². The fourth-order valence-corrected chi connectivity index (χ4v) is 2.83. The van der Waals surface area contributed by atoms with Crippen molar-refractivity contribution < 1.29 is 14.3 Å². The summed E-state index contributed by atoms with van der Waals surface area (Å²) in [6.07, 6.45) is 6.32. The highest BCUT2D eigenvalue weighted by Crippen LogP contribution is 2.23. The Morgan fingerprint density at radius 1 is 1.21 bits per heavy atom. The number of hydrogen-bond acceptors (Lipinski definition) is 3. The topological polar surface area (TPSA) is 46.6 Å². The third kappa shape index (κ3) is 5.84. The van der Waals surface area contributed by atoms with E-state index in [0.29, 0.717) is 13.0 Å². The average Bonchev–Trinajstić information content (AvgIpc) is 2.53. The molecule has 1 aromatic rings. The van der Waals surface area contributed by atoms with E-state index in [2.05, 4.69) is 0 Å². The summed E-state index contributed by atoms with van der Waals surface area (Å²) in [7, 11) is 0. The Balaban J connectivity index is 1.96. The standard InChI is InChI=1S/C20H27NO3/c1-20(2,3)24-19(23)21-14-8-7-11-17(21)15-18(22)13-12-16-9-5-4-6-10-16/h4-6,9-10,12-13,17H,7-8,11,14-15H2,1-3H3/b13-12+/t17-/m0/s1. The molecule has 0 saturated carbocycles. The smallest absolute Gasteiger partial charge is 0.410 e. The van der Waals surface area contributed by atoms with Crippen LogP contribution in [0.3, 0.4) is 0 Å². The molecular weight excluding hydrogens is 302 g/mol. The molecule has 1 amide bonds. The summed E-state index contributed by atoms with van der Waals surface area (Å²) in [4.78, 5) is 26.4. The van der Waals surface area contributed by atoms with E-state index >= 15 is 0 Å². The Morgan fingerprint density at radius 3 is 2.58 bits per heavy atom. The van der Waals surface area contributed by atoms with Gasteiger partial charge in [-0.05, 0) is 51.7 Å². The van der Waals surface area contributed by atoms with Crippen molar-refractivity contribution in [3.8, 4) is 0 Å². The zero-order valence-electron chi connectivity index (χ0n) is 14.8. The lowest BCUT2D eigenvalue weighted by Gasteiger charge is -2.36. The molecule has 4 heteroatoms. The van der Waals surface area contributed by atoms with Crippen LogP contribution in [0.2, 0.25) is 0 Å². The predicted molar refractivity (Wildman–Crippen MR) is 95.7 cm³/mol. The van der Waals surface area contributed by atoms with Gasteiger partial charge in [0.05, 0.1) is 0 Å². The third-order valence-corrected chi connectivity index (χ3v) is 3.95. The summed E-state index contributed by atoms with van der Waals surface area (Å²) in [5.41, 5.74) is 0.481. The quantitative estimate of drug-likeness (QED) is 0.767. The molecule has 0 N–H and O–H groups in total. The van der Waals surface area contributed by atoms with Crippen LogP contribution in [0.5, 0.6) is 0 Å². The number of hydrogen-bond donors (Lipinski definition) is 0. The van der Waals surface area contributed by atoms with Crippen LogP contribution < -0.4 is 0 Å². The minimum Gasteiger partial charge on any atom is -0.444 e. The zero-order chi connectivity index (χ0) is 17.6. The van der Waals surface area contributed by atoms with Crippen molar-refractivity contribution >= 4 is 18.0 Å². The molecule has 1 aromatic carbocycles. The highest BCUT2D eigenvalue weighted by molar-refractivity contribution is 5.94. The summed E-state index contributed by atoms with van der Waals surface area (Å²) >= 11 is 0. The number of rotatable bonds is 4. The Bertz CT molecular complexity index is 587. The van der Waals surface area contributed by atoms with Crippen LogP contribution in [0.15, 0.2) is 36.4 Å². The van der Waals surface area contributed by atoms with Crippen molar-refractivity contribution in [3.05, 3.63) is 42.0 Å². The molecule has 1 atom stereocenters. The molecule has 0 aromatic heterocycles. The number of amides is 1. The molecule has 1 saturated heterocycles. The predicted octanol–water partition coefficient (Wildman–Crippen LogP) is 4.45.